The van der Waals surface area contributed by atoms with Crippen LogP contribution in [0.3, 0.4) is 0 Å². The van der Waals surface area contributed by atoms with Gasteiger partial charge in [-0.25, -0.2) is 4.98 Å². The van der Waals surface area contributed by atoms with E-state index in [1.165, 1.54) is 6.07 Å². The number of aryl methyl sites for hydroxylation is 1. The van der Waals surface area contributed by atoms with Crippen molar-refractivity contribution in [1.29, 1.82) is 0 Å². The second-order valence-electron chi connectivity index (χ2n) is 3.94. The van der Waals surface area contributed by atoms with E-state index in [0.717, 1.165) is 9.88 Å². The SMILES string of the molecule is Cc1ncc(CN(C)C(=O)c2cccc(=O)[nH]2)s1. The highest BCUT2D eigenvalue weighted by Crippen LogP contribution is 2.14. The molecule has 2 heterocycles. The molecule has 94 valence electrons. The highest BCUT2D eigenvalue weighted by Gasteiger charge is 2.13. The van der Waals surface area contributed by atoms with Crippen LogP contribution in [0.4, 0.5) is 0 Å². The monoisotopic (exact) mass is 263 g/mol. The zero-order valence-electron chi connectivity index (χ0n) is 10.1. The van der Waals surface area contributed by atoms with Crippen molar-refractivity contribution in [3.05, 3.63) is 50.3 Å². The van der Waals surface area contributed by atoms with E-state index in [-0.39, 0.29) is 11.5 Å². The first-order chi connectivity index (χ1) is 8.56. The molecule has 2 aromatic heterocycles. The molecule has 2 aromatic rings. The molecule has 0 fully saturated rings. The van der Waals surface area contributed by atoms with Crippen molar-refractivity contribution in [2.45, 2.75) is 13.5 Å². The van der Waals surface area contributed by atoms with Gasteiger partial charge in [0.05, 0.1) is 11.6 Å². The molecule has 0 aliphatic carbocycles. The third kappa shape index (κ3) is 2.84. The van der Waals surface area contributed by atoms with Crippen LogP contribution in [0.5, 0.6) is 0 Å². The Balaban J connectivity index is 2.11. The zero-order valence-corrected chi connectivity index (χ0v) is 11.0. The lowest BCUT2D eigenvalue weighted by Gasteiger charge is -2.15. The number of pyridine rings is 1. The first-order valence-electron chi connectivity index (χ1n) is 5.42. The Labute approximate surface area is 108 Å². The van der Waals surface area contributed by atoms with E-state index < -0.39 is 0 Å². The molecule has 1 N–H and O–H groups in total. The summed E-state index contributed by atoms with van der Waals surface area (Å²) in [5.74, 6) is -0.209. The number of aromatic nitrogens is 2. The molecular weight excluding hydrogens is 250 g/mol. The number of H-pyrrole nitrogens is 1. The molecule has 6 heteroatoms. The van der Waals surface area contributed by atoms with Gasteiger partial charge in [-0.15, -0.1) is 11.3 Å². The number of rotatable bonds is 3. The number of hydrogen-bond acceptors (Lipinski definition) is 4. The summed E-state index contributed by atoms with van der Waals surface area (Å²) in [4.78, 5) is 32.4. The van der Waals surface area contributed by atoms with E-state index in [1.54, 1.807) is 41.6 Å². The molecule has 0 spiro atoms. The molecule has 0 unspecified atom stereocenters. The predicted molar refractivity (Wildman–Crippen MR) is 69.7 cm³/mol. The topological polar surface area (TPSA) is 66.1 Å². The van der Waals surface area contributed by atoms with Crippen molar-refractivity contribution in [1.82, 2.24) is 14.9 Å². The van der Waals surface area contributed by atoms with E-state index in [1.807, 2.05) is 6.92 Å². The third-order valence-electron chi connectivity index (χ3n) is 2.41. The Bertz CT molecular complexity index is 618. The Morgan fingerprint density at radius 1 is 1.50 bits per heavy atom. The average molecular weight is 263 g/mol. The van der Waals surface area contributed by atoms with Crippen molar-refractivity contribution < 1.29 is 4.79 Å². The Morgan fingerprint density at radius 3 is 2.89 bits per heavy atom. The average Bonchev–Trinajstić information content (AvgIpc) is 2.73. The van der Waals surface area contributed by atoms with Crippen molar-refractivity contribution in [2.24, 2.45) is 0 Å². The third-order valence-corrected chi connectivity index (χ3v) is 3.31. The minimum absolute atomic E-state index is 0.209. The van der Waals surface area contributed by atoms with Crippen molar-refractivity contribution in [3.63, 3.8) is 0 Å². The summed E-state index contributed by atoms with van der Waals surface area (Å²) in [6, 6.07) is 4.54. The van der Waals surface area contributed by atoms with Crippen molar-refractivity contribution >= 4 is 17.2 Å². The molecule has 1 amide bonds. The molecule has 5 nitrogen and oxygen atoms in total. The number of nitrogens with zero attached hydrogens (tertiary/aromatic N) is 2. The minimum atomic E-state index is -0.275. The normalized spacial score (nSPS) is 10.3. The fourth-order valence-electron chi connectivity index (χ4n) is 1.56. The Morgan fingerprint density at radius 2 is 2.28 bits per heavy atom. The molecule has 0 aliphatic heterocycles. The summed E-state index contributed by atoms with van der Waals surface area (Å²) in [5, 5.41) is 0.971. The van der Waals surface area contributed by atoms with Crippen LogP contribution in [-0.4, -0.2) is 27.8 Å². The summed E-state index contributed by atoms with van der Waals surface area (Å²) >= 11 is 1.55. The number of thiazole rings is 1. The van der Waals surface area contributed by atoms with Gasteiger partial charge in [0.25, 0.3) is 5.91 Å². The first kappa shape index (κ1) is 12.5. The fourth-order valence-corrected chi connectivity index (χ4v) is 2.41. The van der Waals surface area contributed by atoms with E-state index in [0.29, 0.717) is 12.2 Å². The van der Waals surface area contributed by atoms with Crippen LogP contribution in [-0.2, 0) is 6.54 Å². The molecule has 0 saturated carbocycles. The van der Waals surface area contributed by atoms with Crippen LogP contribution in [0.2, 0.25) is 0 Å². The first-order valence-corrected chi connectivity index (χ1v) is 6.24. The van der Waals surface area contributed by atoms with Crippen LogP contribution < -0.4 is 5.56 Å². The maximum absolute atomic E-state index is 12.0. The van der Waals surface area contributed by atoms with Crippen molar-refractivity contribution in [3.8, 4) is 0 Å². The predicted octanol–water partition coefficient (Wildman–Crippen LogP) is 1.41. The molecule has 0 atom stereocenters. The van der Waals surface area contributed by atoms with Gasteiger partial charge in [0.1, 0.15) is 5.69 Å². The number of hydrogen-bond donors (Lipinski definition) is 1. The van der Waals surface area contributed by atoms with Crippen molar-refractivity contribution in [2.75, 3.05) is 7.05 Å². The molecule has 0 aliphatic rings. The summed E-state index contributed by atoms with van der Waals surface area (Å²) in [6.45, 7) is 2.41. The van der Waals surface area contributed by atoms with Crippen LogP contribution >= 0.6 is 11.3 Å². The second kappa shape index (κ2) is 5.14. The zero-order chi connectivity index (χ0) is 13.1. The Hall–Kier alpha value is -1.95. The Kier molecular flexibility index (Phi) is 3.57. The molecule has 0 saturated heterocycles. The lowest BCUT2D eigenvalue weighted by atomic mass is 10.3. The van der Waals surface area contributed by atoms with E-state index in [4.69, 9.17) is 0 Å². The number of carbonyl (C=O) groups excluding carboxylic acids is 1. The maximum Gasteiger partial charge on any atom is 0.270 e. The van der Waals surface area contributed by atoms with Crippen LogP contribution in [0, 0.1) is 6.92 Å². The van der Waals surface area contributed by atoms with Gasteiger partial charge in [-0.2, -0.15) is 0 Å². The number of nitrogens with one attached hydrogen (secondary N) is 1. The van der Waals surface area contributed by atoms with Gasteiger partial charge in [0, 0.05) is 24.2 Å². The fraction of sp³-hybridized carbons (Fsp3) is 0.250. The molecule has 2 rings (SSSR count). The maximum atomic E-state index is 12.0. The van der Waals surface area contributed by atoms with Crippen LogP contribution in [0.15, 0.2) is 29.2 Å². The number of carbonyl (C=O) groups is 1. The van der Waals surface area contributed by atoms with Crippen LogP contribution in [0.25, 0.3) is 0 Å². The highest BCUT2D eigenvalue weighted by molar-refractivity contribution is 7.11. The highest BCUT2D eigenvalue weighted by atomic mass is 32.1. The van der Waals surface area contributed by atoms with E-state index >= 15 is 0 Å². The van der Waals surface area contributed by atoms with Gasteiger partial charge >= 0.3 is 0 Å². The van der Waals surface area contributed by atoms with Gasteiger partial charge in [-0.1, -0.05) is 6.07 Å². The van der Waals surface area contributed by atoms with Crippen LogP contribution in [0.1, 0.15) is 20.4 Å². The smallest absolute Gasteiger partial charge is 0.270 e. The van der Waals surface area contributed by atoms with E-state index in [2.05, 4.69) is 9.97 Å². The standard InChI is InChI=1S/C12H13N3O2S/c1-8-13-6-9(18-8)7-15(2)12(17)10-4-3-5-11(16)14-10/h3-6H,7H2,1-2H3,(H,14,16). The lowest BCUT2D eigenvalue weighted by molar-refractivity contribution is 0.0780. The van der Waals surface area contributed by atoms with Gasteiger partial charge < -0.3 is 9.88 Å². The summed E-state index contributed by atoms with van der Waals surface area (Å²) in [6.07, 6.45) is 1.76. The minimum Gasteiger partial charge on any atom is -0.335 e. The quantitative estimate of drug-likeness (QED) is 0.910. The summed E-state index contributed by atoms with van der Waals surface area (Å²) < 4.78 is 0. The summed E-state index contributed by atoms with van der Waals surface area (Å²) in [5.41, 5.74) is 0.0223. The lowest BCUT2D eigenvalue weighted by Crippen LogP contribution is -2.28. The number of aromatic amines is 1. The van der Waals surface area contributed by atoms with Gasteiger partial charge in [-0.05, 0) is 13.0 Å². The van der Waals surface area contributed by atoms with Gasteiger partial charge in [0.15, 0.2) is 0 Å². The second-order valence-corrected chi connectivity index (χ2v) is 5.25. The molecular formula is C12H13N3O2S. The van der Waals surface area contributed by atoms with Gasteiger partial charge in [0.2, 0.25) is 5.56 Å². The van der Waals surface area contributed by atoms with E-state index in [9.17, 15) is 9.59 Å². The molecule has 0 bridgehead atoms. The van der Waals surface area contributed by atoms with Gasteiger partial charge in [-0.3, -0.25) is 9.59 Å². The largest absolute Gasteiger partial charge is 0.335 e. The summed E-state index contributed by atoms with van der Waals surface area (Å²) in [7, 11) is 1.70. The molecule has 0 aromatic carbocycles. The molecule has 0 radical (unpaired) electrons. The number of amides is 1. The molecule has 18 heavy (non-hydrogen) atoms.